The second kappa shape index (κ2) is 33.5. The molecule has 0 saturated carbocycles. The zero-order valence-electron chi connectivity index (χ0n) is 11.9. The Bertz CT molecular complexity index is 153. The molecule has 138 valence electrons. The summed E-state index contributed by atoms with van der Waals surface area (Å²) in [5.41, 5.74) is 4.88. The van der Waals surface area contributed by atoms with E-state index < -0.39 is 34.8 Å². The van der Waals surface area contributed by atoms with Crippen LogP contribution in [0.2, 0.25) is 0 Å². The topological polar surface area (TPSA) is 289 Å². The van der Waals surface area contributed by atoms with Gasteiger partial charge in [-0.2, -0.15) is 0 Å². The van der Waals surface area contributed by atoms with Gasteiger partial charge in [0.2, 0.25) is 0 Å². The predicted octanol–water partition coefficient (Wildman–Crippen LogP) is -9.79. The number of nitrogens with two attached hydrogens (primary N) is 1. The van der Waals surface area contributed by atoms with Gasteiger partial charge in [-0.1, -0.05) is 0 Å². The Morgan fingerprint density at radius 1 is 0.583 bits per heavy atom. The second-order valence-corrected chi connectivity index (χ2v) is 3.53. The molecule has 0 bridgehead atoms. The van der Waals surface area contributed by atoms with E-state index in [4.69, 9.17) is 71.1 Å². The Morgan fingerprint density at radius 3 is 0.625 bits per heavy atom. The average molecular weight is 417 g/mol. The van der Waals surface area contributed by atoms with Crippen LogP contribution in [-0.2, 0) is 0 Å². The molecular formula is C4H25B4K2NO13. The van der Waals surface area contributed by atoms with Crippen LogP contribution in [0.15, 0.2) is 0 Å². The molecule has 0 aliphatic heterocycles. The minimum absolute atomic E-state index is 0. The van der Waals surface area contributed by atoms with Crippen molar-refractivity contribution in [3.05, 3.63) is 0 Å². The first-order valence-corrected chi connectivity index (χ1v) is 5.06. The van der Waals surface area contributed by atoms with Gasteiger partial charge in [0.25, 0.3) is 0 Å². The van der Waals surface area contributed by atoms with Crippen molar-refractivity contribution in [1.82, 2.24) is 0 Å². The van der Waals surface area contributed by atoms with E-state index in [2.05, 4.69) is 0 Å². The molecule has 0 radical (unpaired) electrons. The summed E-state index contributed by atoms with van der Waals surface area (Å²) in [4.78, 5) is 0. The molecule has 0 amide bonds. The molecule has 0 aromatic rings. The van der Waals surface area contributed by atoms with Gasteiger partial charge >= 0.3 is 132 Å². The molecule has 0 atom stereocenters. The van der Waals surface area contributed by atoms with Crippen LogP contribution in [0.4, 0.5) is 0 Å². The fourth-order valence-corrected chi connectivity index (χ4v) is 0. The molecule has 24 heavy (non-hydrogen) atoms. The third-order valence-corrected chi connectivity index (χ3v) is 0.408. The molecule has 0 aliphatic rings. The molecule has 0 rings (SSSR count). The summed E-state index contributed by atoms with van der Waals surface area (Å²) in [6.45, 7) is 3.59. The van der Waals surface area contributed by atoms with E-state index in [-0.39, 0.29) is 109 Å². The van der Waals surface area contributed by atoms with Gasteiger partial charge in [-0.05, 0) is 13.8 Å². The van der Waals surface area contributed by atoms with E-state index in [1.807, 2.05) is 0 Å². The molecule has 0 aromatic carbocycles. The van der Waals surface area contributed by atoms with Gasteiger partial charge in [-0.25, -0.2) is 0 Å². The Kier molecular flexibility index (Phi) is 63.8. The molecule has 0 heterocycles. The van der Waals surface area contributed by atoms with Gasteiger partial charge in [-0.15, -0.1) is 0 Å². The van der Waals surface area contributed by atoms with Crippen molar-refractivity contribution < 1.29 is 65.4 Å². The van der Waals surface area contributed by atoms with Gasteiger partial charge in [0.1, 0.15) is 0 Å². The molecule has 0 saturated heterocycles. The Labute approximate surface area is 225 Å². The van der Waals surface area contributed by atoms with Gasteiger partial charge in [-0.3, -0.25) is 0 Å². The van der Waals surface area contributed by atoms with E-state index >= 15 is 0 Å². The molecular weight excluding hydrogens is 391 g/mol. The molecule has 14 nitrogen and oxygen atoms in total. The third kappa shape index (κ3) is 402. The van der Waals surface area contributed by atoms with Crippen LogP contribution in [0, 0.1) is 0 Å². The SMILES string of the molecule is CC(C)(N)CO.OB(O)O.OB(O)O.OB(O)O.OB(O)O.[KH].[KH]. The van der Waals surface area contributed by atoms with Crippen molar-refractivity contribution in [2.75, 3.05) is 6.61 Å². The van der Waals surface area contributed by atoms with Gasteiger partial charge < -0.3 is 71.1 Å². The maximum absolute atomic E-state index is 8.28. The summed E-state index contributed by atoms with van der Waals surface area (Å²) in [6.07, 6.45) is 0. The van der Waals surface area contributed by atoms with E-state index in [0.717, 1.165) is 0 Å². The monoisotopic (exact) mass is 417 g/mol. The Hall–Kier alpha value is 2.97. The van der Waals surface area contributed by atoms with Gasteiger partial charge in [0.05, 0.1) is 6.61 Å². The van der Waals surface area contributed by atoms with Crippen LogP contribution in [0.25, 0.3) is 0 Å². The number of aliphatic hydroxyl groups is 1. The summed E-state index contributed by atoms with van der Waals surface area (Å²) in [7, 11) is -8.67. The van der Waals surface area contributed by atoms with Crippen molar-refractivity contribution >= 4 is 132 Å². The third-order valence-electron chi connectivity index (χ3n) is 0.408. The number of rotatable bonds is 1. The quantitative estimate of drug-likeness (QED) is 0.176. The number of aliphatic hydroxyl groups excluding tert-OH is 1. The standard InChI is InChI=1S/C4H11NO.4BH3O3.2K.2H/c1-4(2,5)3-6;4*2-1(3)4;;;;/h6H,3,5H2,1-2H3;4*2-4H;;;;. The van der Waals surface area contributed by atoms with Crippen LogP contribution < -0.4 is 5.73 Å². The van der Waals surface area contributed by atoms with Crippen LogP contribution in [0.5, 0.6) is 0 Å². The van der Waals surface area contributed by atoms with Crippen LogP contribution in [0.1, 0.15) is 13.8 Å². The second-order valence-electron chi connectivity index (χ2n) is 3.53. The first kappa shape index (κ1) is 45.6. The van der Waals surface area contributed by atoms with Gasteiger partial charge in [0.15, 0.2) is 0 Å². The predicted molar refractivity (Wildman–Crippen MR) is 89.3 cm³/mol. The normalized spacial score (nSPS) is 7.50. The fraction of sp³-hybridized carbons (Fsp3) is 1.00. The van der Waals surface area contributed by atoms with Gasteiger partial charge in [0, 0.05) is 5.54 Å². The zero-order valence-corrected chi connectivity index (χ0v) is 11.9. The summed E-state index contributed by atoms with van der Waals surface area (Å²) >= 11 is 0. The fourth-order valence-electron chi connectivity index (χ4n) is 0. The molecule has 0 aliphatic carbocycles. The molecule has 15 N–H and O–H groups in total. The molecule has 20 heteroatoms. The molecule has 0 unspecified atom stereocenters. The minimum atomic E-state index is -2.17. The van der Waals surface area contributed by atoms with Crippen molar-refractivity contribution in [2.24, 2.45) is 5.73 Å². The van der Waals surface area contributed by atoms with Crippen molar-refractivity contribution in [2.45, 2.75) is 19.4 Å². The molecule has 0 aromatic heterocycles. The van der Waals surface area contributed by atoms with Crippen LogP contribution >= 0.6 is 0 Å². The molecule has 0 spiro atoms. The van der Waals surface area contributed by atoms with Crippen LogP contribution in [0.3, 0.4) is 0 Å². The van der Waals surface area contributed by atoms with Crippen molar-refractivity contribution in [3.63, 3.8) is 0 Å². The van der Waals surface area contributed by atoms with Crippen molar-refractivity contribution in [3.8, 4) is 0 Å². The maximum atomic E-state index is 8.28. The van der Waals surface area contributed by atoms with E-state index in [9.17, 15) is 0 Å². The van der Waals surface area contributed by atoms with Crippen LogP contribution in [-0.4, -0.2) is 210 Å². The first-order valence-electron chi connectivity index (χ1n) is 5.06. The summed E-state index contributed by atoms with van der Waals surface area (Å²) in [5, 5.41) is 94.3. The number of hydrogen-bond donors (Lipinski definition) is 14. The summed E-state index contributed by atoms with van der Waals surface area (Å²) in [6, 6.07) is 0. The van der Waals surface area contributed by atoms with E-state index in [1.54, 1.807) is 13.8 Å². The zero-order chi connectivity index (χ0) is 19.5. The van der Waals surface area contributed by atoms with E-state index in [0.29, 0.717) is 0 Å². The summed E-state index contributed by atoms with van der Waals surface area (Å²) < 4.78 is 0. The Morgan fingerprint density at radius 2 is 0.625 bits per heavy atom. The number of hydrogen-bond acceptors (Lipinski definition) is 14. The molecule has 0 fully saturated rings. The Balaban J connectivity index is -0.0000000298. The summed E-state index contributed by atoms with van der Waals surface area (Å²) in [5.74, 6) is 0. The van der Waals surface area contributed by atoms with Crippen molar-refractivity contribution in [1.29, 1.82) is 0 Å². The first-order chi connectivity index (χ1) is 9.49. The van der Waals surface area contributed by atoms with E-state index in [1.165, 1.54) is 0 Å². The average Bonchev–Trinajstić information content (AvgIpc) is 2.12.